The van der Waals surface area contributed by atoms with Crippen LogP contribution in [0.25, 0.3) is 22.3 Å². The molecule has 2 heterocycles. The fraction of sp³-hybridized carbons (Fsp3) is 0.111. The van der Waals surface area contributed by atoms with E-state index in [1.54, 1.807) is 36.5 Å². The van der Waals surface area contributed by atoms with Gasteiger partial charge >= 0.3 is 6.18 Å². The zero-order valence-corrected chi connectivity index (χ0v) is 14.6. The summed E-state index contributed by atoms with van der Waals surface area (Å²) in [4.78, 5) is 7.56. The van der Waals surface area contributed by atoms with Crippen LogP contribution >= 0.6 is 0 Å². The Hall–Kier alpha value is -2.78. The van der Waals surface area contributed by atoms with Crippen molar-refractivity contribution in [2.45, 2.75) is 11.9 Å². The molecule has 0 fully saturated rings. The van der Waals surface area contributed by atoms with Crippen LogP contribution in [0.2, 0.25) is 0 Å². The summed E-state index contributed by atoms with van der Waals surface area (Å²) in [6.45, 7) is 0. The van der Waals surface area contributed by atoms with Crippen LogP contribution in [0.5, 0.6) is 0 Å². The normalized spacial score (nSPS) is 12.7. The molecule has 3 N–H and O–H groups in total. The van der Waals surface area contributed by atoms with Gasteiger partial charge in [-0.15, -0.1) is 0 Å². The van der Waals surface area contributed by atoms with Crippen molar-refractivity contribution in [1.29, 1.82) is 0 Å². The molecule has 0 saturated heterocycles. The molecular weight excluding hydrogens is 379 g/mol. The van der Waals surface area contributed by atoms with Gasteiger partial charge in [-0.25, -0.2) is 9.19 Å². The average molecular weight is 393 g/mol. The van der Waals surface area contributed by atoms with Gasteiger partial charge in [0.25, 0.3) is 0 Å². The Morgan fingerprint density at radius 3 is 2.15 bits per heavy atom. The van der Waals surface area contributed by atoms with Gasteiger partial charge in [-0.2, -0.15) is 13.2 Å². The predicted molar refractivity (Wildman–Crippen MR) is 96.8 cm³/mol. The van der Waals surface area contributed by atoms with Crippen molar-refractivity contribution in [3.8, 4) is 22.3 Å². The van der Waals surface area contributed by atoms with E-state index >= 15 is 0 Å². The second kappa shape index (κ2) is 7.45. The summed E-state index contributed by atoms with van der Waals surface area (Å²) in [6.07, 6.45) is -1.85. The zero-order valence-electron chi connectivity index (χ0n) is 13.8. The SMILES string of the molecule is Nc1ncc(-c2ccc(CS(=O)O)cc2)cc1-c1ccc(C(F)(F)F)nc1. The van der Waals surface area contributed by atoms with Gasteiger partial charge in [0, 0.05) is 29.1 Å². The van der Waals surface area contributed by atoms with Gasteiger partial charge in [0.1, 0.15) is 11.5 Å². The monoisotopic (exact) mass is 393 g/mol. The number of anilines is 1. The van der Waals surface area contributed by atoms with Gasteiger partial charge in [-0.05, 0) is 23.3 Å². The number of hydrogen-bond donors (Lipinski definition) is 2. The Bertz CT molecular complexity index is 975. The van der Waals surface area contributed by atoms with Crippen molar-refractivity contribution in [1.82, 2.24) is 9.97 Å². The minimum atomic E-state index is -4.51. The van der Waals surface area contributed by atoms with Crippen LogP contribution in [-0.2, 0) is 23.0 Å². The number of hydrogen-bond acceptors (Lipinski definition) is 4. The predicted octanol–water partition coefficient (Wildman–Crippen LogP) is 4.13. The first-order valence-electron chi connectivity index (χ1n) is 7.70. The molecule has 3 aromatic rings. The smallest absolute Gasteiger partial charge is 0.383 e. The molecule has 0 aliphatic heterocycles. The molecule has 9 heteroatoms. The topological polar surface area (TPSA) is 89.1 Å². The van der Waals surface area contributed by atoms with Crippen molar-refractivity contribution in [3.05, 3.63) is 66.1 Å². The van der Waals surface area contributed by atoms with Crippen LogP contribution in [-0.4, -0.2) is 18.7 Å². The zero-order chi connectivity index (χ0) is 19.6. The summed E-state index contributed by atoms with van der Waals surface area (Å²) in [5.74, 6) is 0.204. The van der Waals surface area contributed by atoms with E-state index in [4.69, 9.17) is 10.3 Å². The number of alkyl halides is 3. The first-order chi connectivity index (χ1) is 12.7. The van der Waals surface area contributed by atoms with Gasteiger partial charge in [0.05, 0.1) is 5.75 Å². The van der Waals surface area contributed by atoms with Crippen LogP contribution in [0.3, 0.4) is 0 Å². The highest BCUT2D eigenvalue weighted by Gasteiger charge is 2.32. The second-order valence-electron chi connectivity index (χ2n) is 5.75. The van der Waals surface area contributed by atoms with E-state index in [1.807, 2.05) is 0 Å². The van der Waals surface area contributed by atoms with Crippen molar-refractivity contribution in [2.24, 2.45) is 0 Å². The van der Waals surface area contributed by atoms with Crippen molar-refractivity contribution in [2.75, 3.05) is 5.73 Å². The van der Waals surface area contributed by atoms with Gasteiger partial charge < -0.3 is 10.3 Å². The molecule has 0 radical (unpaired) electrons. The van der Waals surface area contributed by atoms with Gasteiger partial charge in [0.15, 0.2) is 11.1 Å². The minimum absolute atomic E-state index is 0.0305. The summed E-state index contributed by atoms with van der Waals surface area (Å²) < 4.78 is 57.8. The lowest BCUT2D eigenvalue weighted by molar-refractivity contribution is -0.141. The molecule has 1 unspecified atom stereocenters. The van der Waals surface area contributed by atoms with E-state index in [2.05, 4.69) is 9.97 Å². The third-order valence-electron chi connectivity index (χ3n) is 3.86. The Morgan fingerprint density at radius 1 is 0.963 bits per heavy atom. The number of pyridine rings is 2. The summed E-state index contributed by atoms with van der Waals surface area (Å²) in [5, 5.41) is 0. The molecule has 0 amide bonds. The quantitative estimate of drug-likeness (QED) is 0.651. The van der Waals surface area contributed by atoms with Crippen molar-refractivity contribution in [3.63, 3.8) is 0 Å². The molecule has 0 aliphatic rings. The lowest BCUT2D eigenvalue weighted by Gasteiger charge is -2.10. The summed E-state index contributed by atoms with van der Waals surface area (Å²) >= 11 is -1.92. The summed E-state index contributed by atoms with van der Waals surface area (Å²) in [6, 6.07) is 10.9. The minimum Gasteiger partial charge on any atom is -0.383 e. The van der Waals surface area contributed by atoms with E-state index in [-0.39, 0.29) is 11.6 Å². The van der Waals surface area contributed by atoms with Crippen molar-refractivity contribution >= 4 is 16.9 Å². The number of aromatic nitrogens is 2. The van der Waals surface area contributed by atoms with Crippen LogP contribution < -0.4 is 5.73 Å². The highest BCUT2D eigenvalue weighted by atomic mass is 32.2. The molecule has 0 spiro atoms. The molecule has 27 heavy (non-hydrogen) atoms. The lowest BCUT2D eigenvalue weighted by Crippen LogP contribution is -2.07. The Kier molecular flexibility index (Phi) is 5.24. The molecule has 1 aromatic carbocycles. The molecule has 1 atom stereocenters. The number of nitrogens with two attached hydrogens (primary N) is 1. The summed E-state index contributed by atoms with van der Waals surface area (Å²) in [5.41, 5.74) is 7.98. The third-order valence-corrected chi connectivity index (χ3v) is 4.44. The molecule has 2 aromatic heterocycles. The molecule has 0 bridgehead atoms. The number of benzene rings is 1. The maximum Gasteiger partial charge on any atom is 0.433 e. The molecule has 140 valence electrons. The van der Waals surface area contributed by atoms with Crippen LogP contribution in [0.15, 0.2) is 54.9 Å². The average Bonchev–Trinajstić information content (AvgIpc) is 2.62. The Labute approximate surface area is 155 Å². The standard InChI is InChI=1S/C18H14F3N3O2S/c19-18(20,21)16-6-5-13(8-23-16)15-7-14(9-24-17(15)22)12-3-1-11(2-4-12)10-27(25)26/h1-9H,10H2,(H2,22,24)(H,25,26). The summed E-state index contributed by atoms with van der Waals surface area (Å²) in [7, 11) is 0. The lowest BCUT2D eigenvalue weighted by atomic mass is 10.0. The number of nitrogen functional groups attached to an aromatic ring is 1. The molecule has 0 aliphatic carbocycles. The van der Waals surface area contributed by atoms with Crippen LogP contribution in [0, 0.1) is 0 Å². The number of rotatable bonds is 4. The molecule has 3 rings (SSSR count). The fourth-order valence-corrected chi connectivity index (χ4v) is 3.00. The van der Waals surface area contributed by atoms with E-state index in [0.717, 1.165) is 17.8 Å². The molecular formula is C18H14F3N3O2S. The van der Waals surface area contributed by atoms with Gasteiger partial charge in [0.2, 0.25) is 0 Å². The largest absolute Gasteiger partial charge is 0.433 e. The van der Waals surface area contributed by atoms with Crippen molar-refractivity contribution < 1.29 is 21.9 Å². The van der Waals surface area contributed by atoms with Gasteiger partial charge in [-0.3, -0.25) is 4.98 Å². The number of nitrogens with zero attached hydrogens (tertiary/aromatic N) is 2. The first kappa shape index (κ1) is 19.0. The number of halogens is 3. The van der Waals surface area contributed by atoms with E-state index in [9.17, 15) is 17.4 Å². The van der Waals surface area contributed by atoms with E-state index in [1.165, 1.54) is 6.07 Å². The van der Waals surface area contributed by atoms with Crippen LogP contribution in [0.4, 0.5) is 19.0 Å². The fourth-order valence-electron chi connectivity index (χ4n) is 2.52. The highest BCUT2D eigenvalue weighted by molar-refractivity contribution is 7.78. The first-order valence-corrected chi connectivity index (χ1v) is 8.97. The Balaban J connectivity index is 1.94. The maximum absolute atomic E-state index is 12.7. The molecule has 0 saturated carbocycles. The van der Waals surface area contributed by atoms with E-state index < -0.39 is 23.0 Å². The second-order valence-corrected chi connectivity index (χ2v) is 6.68. The maximum atomic E-state index is 12.7. The van der Waals surface area contributed by atoms with E-state index in [0.29, 0.717) is 22.3 Å². The third kappa shape index (κ3) is 4.50. The van der Waals surface area contributed by atoms with Crippen LogP contribution in [0.1, 0.15) is 11.3 Å². The van der Waals surface area contributed by atoms with Gasteiger partial charge in [-0.1, -0.05) is 30.3 Å². The molecule has 5 nitrogen and oxygen atoms in total. The Morgan fingerprint density at radius 2 is 1.59 bits per heavy atom. The highest BCUT2D eigenvalue weighted by Crippen LogP contribution is 2.32.